The van der Waals surface area contributed by atoms with Gasteiger partial charge in [0.05, 0.1) is 6.04 Å². The van der Waals surface area contributed by atoms with E-state index in [0.29, 0.717) is 12.1 Å². The molecule has 2 aliphatic heterocycles. The largest absolute Gasteiger partial charge is 0.353 e. The van der Waals surface area contributed by atoms with Crippen LogP contribution in [0.15, 0.2) is 0 Å². The van der Waals surface area contributed by atoms with Crippen LogP contribution in [0.3, 0.4) is 0 Å². The number of nitrogens with zero attached hydrogens (tertiary/aromatic N) is 1. The first kappa shape index (κ1) is 21.0. The second kappa shape index (κ2) is 10.1. The Morgan fingerprint density at radius 1 is 1.13 bits per heavy atom. The van der Waals surface area contributed by atoms with Crippen molar-refractivity contribution in [3.8, 4) is 0 Å². The average Bonchev–Trinajstić information content (AvgIpc) is 2.97. The normalized spacial score (nSPS) is 34.0. The molecule has 0 spiro atoms. The van der Waals surface area contributed by atoms with Crippen molar-refractivity contribution in [1.29, 1.82) is 0 Å². The Bertz CT molecular complexity index is 356. The maximum Gasteiger partial charge on any atom is 0.237 e. The maximum atomic E-state index is 12.4. The van der Waals surface area contributed by atoms with Gasteiger partial charge in [0.25, 0.3) is 0 Å². The molecule has 0 aromatic heterocycles. The summed E-state index contributed by atoms with van der Waals surface area (Å²) in [5.74, 6) is 0.988. The van der Waals surface area contributed by atoms with E-state index in [1.54, 1.807) is 0 Å². The van der Waals surface area contributed by atoms with Gasteiger partial charge in [-0.3, -0.25) is 9.69 Å². The first-order chi connectivity index (χ1) is 10.3. The summed E-state index contributed by atoms with van der Waals surface area (Å²) in [6.45, 7) is 5.36. The van der Waals surface area contributed by atoms with Crippen LogP contribution in [-0.4, -0.2) is 48.6 Å². The summed E-state index contributed by atoms with van der Waals surface area (Å²) in [4.78, 5) is 15.0. The highest BCUT2D eigenvalue weighted by atomic mass is 35.5. The summed E-state index contributed by atoms with van der Waals surface area (Å²) < 4.78 is 0. The number of fused-ring (bicyclic) bond motifs is 1. The standard InChI is InChI=1S/C17H31N3O.2ClH/c1-2-20-10-6-5-8-14(20)12-18-17(21)16-11-13-7-3-4-9-15(13)19-16;;/h13-16,19H,2-12H2,1H3,(H,18,21);2*1H. The molecule has 1 amide bonds. The smallest absolute Gasteiger partial charge is 0.237 e. The summed E-state index contributed by atoms with van der Waals surface area (Å²) in [7, 11) is 0. The molecule has 6 heteroatoms. The summed E-state index contributed by atoms with van der Waals surface area (Å²) >= 11 is 0. The van der Waals surface area contributed by atoms with Gasteiger partial charge in [-0.05, 0) is 51.1 Å². The van der Waals surface area contributed by atoms with Crippen molar-refractivity contribution in [3.05, 3.63) is 0 Å². The van der Waals surface area contributed by atoms with Gasteiger partial charge >= 0.3 is 0 Å². The van der Waals surface area contributed by atoms with Crippen LogP contribution < -0.4 is 10.6 Å². The molecule has 2 N–H and O–H groups in total. The van der Waals surface area contributed by atoms with Crippen molar-refractivity contribution in [3.63, 3.8) is 0 Å². The van der Waals surface area contributed by atoms with E-state index in [-0.39, 0.29) is 36.8 Å². The monoisotopic (exact) mass is 365 g/mol. The van der Waals surface area contributed by atoms with E-state index in [1.165, 1.54) is 51.5 Å². The molecule has 4 unspecified atom stereocenters. The van der Waals surface area contributed by atoms with Gasteiger partial charge in [0.1, 0.15) is 0 Å². The first-order valence-electron chi connectivity index (χ1n) is 9.05. The van der Waals surface area contributed by atoms with Crippen molar-refractivity contribution < 1.29 is 4.79 Å². The summed E-state index contributed by atoms with van der Waals surface area (Å²) in [6.07, 6.45) is 10.2. The molecule has 23 heavy (non-hydrogen) atoms. The zero-order valence-electron chi connectivity index (χ0n) is 14.3. The maximum absolute atomic E-state index is 12.4. The van der Waals surface area contributed by atoms with E-state index in [4.69, 9.17) is 0 Å². The fourth-order valence-corrected chi connectivity index (χ4v) is 4.57. The van der Waals surface area contributed by atoms with Crippen molar-refractivity contribution in [2.24, 2.45) is 5.92 Å². The van der Waals surface area contributed by atoms with Gasteiger partial charge in [-0.25, -0.2) is 0 Å². The Balaban J connectivity index is 0.00000132. The molecule has 3 rings (SSSR count). The van der Waals surface area contributed by atoms with E-state index in [9.17, 15) is 4.79 Å². The number of piperidine rings is 1. The molecule has 1 saturated carbocycles. The molecule has 136 valence electrons. The summed E-state index contributed by atoms with van der Waals surface area (Å²) in [6, 6.07) is 1.23. The number of likely N-dealkylation sites (tertiary alicyclic amines) is 1. The van der Waals surface area contributed by atoms with E-state index in [0.717, 1.165) is 25.4 Å². The molecule has 2 saturated heterocycles. The molecule has 3 aliphatic rings. The van der Waals surface area contributed by atoms with Gasteiger partial charge in [0.15, 0.2) is 0 Å². The van der Waals surface area contributed by atoms with Crippen LogP contribution in [0.4, 0.5) is 0 Å². The van der Waals surface area contributed by atoms with Crippen LogP contribution in [0.25, 0.3) is 0 Å². The Hall–Kier alpha value is -0.0300. The van der Waals surface area contributed by atoms with Crippen molar-refractivity contribution in [2.75, 3.05) is 19.6 Å². The fraction of sp³-hybridized carbons (Fsp3) is 0.941. The van der Waals surface area contributed by atoms with Gasteiger partial charge in [0, 0.05) is 18.6 Å². The number of nitrogens with one attached hydrogen (secondary N) is 2. The number of hydrogen-bond acceptors (Lipinski definition) is 3. The average molecular weight is 366 g/mol. The van der Waals surface area contributed by atoms with Gasteiger partial charge < -0.3 is 10.6 Å². The molecular weight excluding hydrogens is 333 g/mol. The lowest BCUT2D eigenvalue weighted by Gasteiger charge is -2.35. The minimum Gasteiger partial charge on any atom is -0.353 e. The van der Waals surface area contributed by atoms with Crippen LogP contribution >= 0.6 is 24.8 Å². The number of likely N-dealkylation sites (N-methyl/N-ethyl adjacent to an activating group) is 1. The second-order valence-electron chi connectivity index (χ2n) is 7.13. The third-order valence-corrected chi connectivity index (χ3v) is 5.85. The Labute approximate surface area is 153 Å². The van der Waals surface area contributed by atoms with Crippen LogP contribution in [0.1, 0.15) is 58.3 Å². The zero-order valence-corrected chi connectivity index (χ0v) is 15.9. The minimum atomic E-state index is 0. The minimum absolute atomic E-state index is 0. The lowest BCUT2D eigenvalue weighted by molar-refractivity contribution is -0.123. The molecular formula is C17H33Cl2N3O. The molecule has 0 aromatic rings. The van der Waals surface area contributed by atoms with Crippen LogP contribution in [-0.2, 0) is 4.79 Å². The topological polar surface area (TPSA) is 44.4 Å². The lowest BCUT2D eigenvalue weighted by Crippen LogP contribution is -2.50. The highest BCUT2D eigenvalue weighted by Crippen LogP contribution is 2.33. The molecule has 1 aliphatic carbocycles. The number of hydrogen-bond donors (Lipinski definition) is 2. The quantitative estimate of drug-likeness (QED) is 0.804. The van der Waals surface area contributed by atoms with Crippen molar-refractivity contribution >= 4 is 30.7 Å². The third kappa shape index (κ3) is 5.22. The number of carbonyl (C=O) groups excluding carboxylic acids is 1. The van der Waals surface area contributed by atoms with Crippen LogP contribution in [0.2, 0.25) is 0 Å². The lowest BCUT2D eigenvalue weighted by atomic mass is 9.85. The fourth-order valence-electron chi connectivity index (χ4n) is 4.57. The highest BCUT2D eigenvalue weighted by Gasteiger charge is 2.38. The van der Waals surface area contributed by atoms with Crippen LogP contribution in [0.5, 0.6) is 0 Å². The van der Waals surface area contributed by atoms with E-state index in [2.05, 4.69) is 22.5 Å². The first-order valence-corrected chi connectivity index (χ1v) is 9.05. The van der Waals surface area contributed by atoms with Gasteiger partial charge in [-0.15, -0.1) is 24.8 Å². The van der Waals surface area contributed by atoms with Gasteiger partial charge in [-0.2, -0.15) is 0 Å². The molecule has 0 bridgehead atoms. The predicted molar refractivity (Wildman–Crippen MR) is 99.7 cm³/mol. The Morgan fingerprint density at radius 3 is 2.61 bits per heavy atom. The zero-order chi connectivity index (χ0) is 14.7. The Morgan fingerprint density at radius 2 is 1.87 bits per heavy atom. The van der Waals surface area contributed by atoms with E-state index < -0.39 is 0 Å². The molecule has 3 fully saturated rings. The highest BCUT2D eigenvalue weighted by molar-refractivity contribution is 5.85. The molecule has 2 heterocycles. The van der Waals surface area contributed by atoms with Crippen LogP contribution in [0, 0.1) is 5.92 Å². The molecule has 0 radical (unpaired) electrons. The predicted octanol–water partition coefficient (Wildman–Crippen LogP) is 2.74. The Kier molecular flexibility index (Phi) is 9.20. The summed E-state index contributed by atoms with van der Waals surface area (Å²) in [5, 5.41) is 6.81. The number of halogens is 2. The molecule has 0 aromatic carbocycles. The van der Waals surface area contributed by atoms with E-state index in [1.807, 2.05) is 0 Å². The van der Waals surface area contributed by atoms with Gasteiger partial charge in [0.2, 0.25) is 5.91 Å². The molecule has 4 atom stereocenters. The third-order valence-electron chi connectivity index (χ3n) is 5.85. The number of carbonyl (C=O) groups is 1. The summed E-state index contributed by atoms with van der Waals surface area (Å²) in [5.41, 5.74) is 0. The molecule has 4 nitrogen and oxygen atoms in total. The second-order valence-corrected chi connectivity index (χ2v) is 7.13. The van der Waals surface area contributed by atoms with Gasteiger partial charge in [-0.1, -0.05) is 26.2 Å². The SMILES string of the molecule is CCN1CCCCC1CNC(=O)C1CC2CCCCC2N1.Cl.Cl. The van der Waals surface area contributed by atoms with E-state index >= 15 is 0 Å². The van der Waals surface area contributed by atoms with Crippen molar-refractivity contribution in [2.45, 2.75) is 76.4 Å². The number of amides is 1. The number of rotatable bonds is 4. The van der Waals surface area contributed by atoms with Crippen molar-refractivity contribution in [1.82, 2.24) is 15.5 Å².